The maximum absolute atomic E-state index is 11.5. The molecule has 1 atom stereocenters. The first-order chi connectivity index (χ1) is 7.00. The zero-order valence-corrected chi connectivity index (χ0v) is 9.82. The Bertz CT molecular complexity index is 216. The van der Waals surface area contributed by atoms with E-state index < -0.39 is 12.0 Å². The van der Waals surface area contributed by atoms with Crippen molar-refractivity contribution in [2.24, 2.45) is 0 Å². The van der Waals surface area contributed by atoms with Crippen molar-refractivity contribution < 1.29 is 14.7 Å². The normalized spacial score (nSPS) is 12.2. The van der Waals surface area contributed by atoms with Gasteiger partial charge < -0.3 is 10.0 Å². The summed E-state index contributed by atoms with van der Waals surface area (Å²) < 4.78 is 0. The molecule has 0 rings (SSSR count). The van der Waals surface area contributed by atoms with Crippen LogP contribution in [0.4, 0.5) is 0 Å². The van der Waals surface area contributed by atoms with Gasteiger partial charge in [-0.1, -0.05) is 26.2 Å². The molecule has 0 saturated heterocycles. The Morgan fingerprint density at radius 2 is 1.87 bits per heavy atom. The van der Waals surface area contributed by atoms with Crippen molar-refractivity contribution in [1.82, 2.24) is 4.90 Å². The van der Waals surface area contributed by atoms with Crippen LogP contribution in [-0.4, -0.2) is 35.0 Å². The molecule has 0 spiro atoms. The largest absolute Gasteiger partial charge is 0.480 e. The van der Waals surface area contributed by atoms with E-state index in [9.17, 15) is 9.59 Å². The van der Waals surface area contributed by atoms with Crippen LogP contribution >= 0.6 is 0 Å². The van der Waals surface area contributed by atoms with Gasteiger partial charge in [-0.05, 0) is 13.3 Å². The summed E-state index contributed by atoms with van der Waals surface area (Å²) in [5.74, 6) is -1.04. The molecule has 0 aliphatic carbocycles. The van der Waals surface area contributed by atoms with Crippen LogP contribution in [0.1, 0.15) is 46.0 Å². The number of likely N-dealkylation sites (N-methyl/N-ethyl adjacent to an activating group) is 1. The van der Waals surface area contributed by atoms with Crippen molar-refractivity contribution in [3.8, 4) is 0 Å². The number of carboxylic acids is 1. The highest BCUT2D eigenvalue weighted by atomic mass is 16.4. The second-order valence-corrected chi connectivity index (χ2v) is 3.83. The molecule has 1 unspecified atom stereocenters. The SMILES string of the molecule is CCCCCCC(=O)N(C)C(C)C(=O)O. The zero-order valence-electron chi connectivity index (χ0n) is 9.82. The van der Waals surface area contributed by atoms with Gasteiger partial charge in [0.15, 0.2) is 0 Å². The fraction of sp³-hybridized carbons (Fsp3) is 0.818. The van der Waals surface area contributed by atoms with E-state index in [-0.39, 0.29) is 5.91 Å². The fourth-order valence-corrected chi connectivity index (χ4v) is 1.26. The lowest BCUT2D eigenvalue weighted by Gasteiger charge is -2.21. The highest BCUT2D eigenvalue weighted by Gasteiger charge is 2.20. The van der Waals surface area contributed by atoms with Gasteiger partial charge in [0.25, 0.3) is 0 Å². The Labute approximate surface area is 91.3 Å². The third-order valence-electron chi connectivity index (χ3n) is 2.58. The predicted octanol–water partition coefficient (Wildman–Crippen LogP) is 1.89. The summed E-state index contributed by atoms with van der Waals surface area (Å²) in [5, 5.41) is 8.72. The molecule has 0 aromatic carbocycles. The van der Waals surface area contributed by atoms with Gasteiger partial charge in [-0.15, -0.1) is 0 Å². The van der Waals surface area contributed by atoms with E-state index in [1.165, 1.54) is 11.8 Å². The molecule has 4 heteroatoms. The Morgan fingerprint density at radius 3 is 2.33 bits per heavy atom. The lowest BCUT2D eigenvalue weighted by Crippen LogP contribution is -2.40. The van der Waals surface area contributed by atoms with Gasteiger partial charge in [0, 0.05) is 13.5 Å². The van der Waals surface area contributed by atoms with E-state index in [0.717, 1.165) is 25.7 Å². The van der Waals surface area contributed by atoms with E-state index in [2.05, 4.69) is 6.92 Å². The summed E-state index contributed by atoms with van der Waals surface area (Å²) in [7, 11) is 1.54. The van der Waals surface area contributed by atoms with Crippen LogP contribution in [0.15, 0.2) is 0 Å². The zero-order chi connectivity index (χ0) is 11.8. The van der Waals surface area contributed by atoms with Crippen LogP contribution in [-0.2, 0) is 9.59 Å². The number of carbonyl (C=O) groups is 2. The number of carboxylic acid groups (broad SMARTS) is 1. The molecule has 0 bridgehead atoms. The minimum atomic E-state index is -0.959. The molecule has 1 amide bonds. The minimum Gasteiger partial charge on any atom is -0.480 e. The second-order valence-electron chi connectivity index (χ2n) is 3.83. The summed E-state index contributed by atoms with van der Waals surface area (Å²) in [6.07, 6.45) is 4.61. The average Bonchev–Trinajstić information content (AvgIpc) is 2.21. The van der Waals surface area contributed by atoms with Crippen LogP contribution in [0.3, 0.4) is 0 Å². The van der Waals surface area contributed by atoms with Gasteiger partial charge in [-0.3, -0.25) is 4.79 Å². The second kappa shape index (κ2) is 7.26. The van der Waals surface area contributed by atoms with Crippen molar-refractivity contribution in [2.75, 3.05) is 7.05 Å². The van der Waals surface area contributed by atoms with E-state index in [1.807, 2.05) is 0 Å². The highest BCUT2D eigenvalue weighted by Crippen LogP contribution is 2.06. The van der Waals surface area contributed by atoms with Gasteiger partial charge in [0.1, 0.15) is 6.04 Å². The summed E-state index contributed by atoms with van der Waals surface area (Å²) in [6.45, 7) is 3.63. The first-order valence-electron chi connectivity index (χ1n) is 5.49. The number of hydrogen-bond donors (Lipinski definition) is 1. The molecule has 0 aromatic heterocycles. The topological polar surface area (TPSA) is 57.6 Å². The van der Waals surface area contributed by atoms with Crippen molar-refractivity contribution in [2.45, 2.75) is 52.0 Å². The average molecular weight is 215 g/mol. The number of rotatable bonds is 7. The lowest BCUT2D eigenvalue weighted by molar-refractivity contribution is -0.148. The lowest BCUT2D eigenvalue weighted by atomic mass is 10.1. The van der Waals surface area contributed by atoms with Crippen molar-refractivity contribution in [3.05, 3.63) is 0 Å². The van der Waals surface area contributed by atoms with Gasteiger partial charge in [-0.2, -0.15) is 0 Å². The number of amides is 1. The Morgan fingerprint density at radius 1 is 1.27 bits per heavy atom. The van der Waals surface area contributed by atoms with Crippen LogP contribution < -0.4 is 0 Å². The third kappa shape index (κ3) is 5.40. The molecule has 88 valence electrons. The van der Waals surface area contributed by atoms with Crippen molar-refractivity contribution in [3.63, 3.8) is 0 Å². The molecule has 0 aliphatic rings. The van der Waals surface area contributed by atoms with Crippen LogP contribution in [0.2, 0.25) is 0 Å². The van der Waals surface area contributed by atoms with Crippen LogP contribution in [0.25, 0.3) is 0 Å². The molecule has 0 saturated carbocycles. The molecule has 4 nitrogen and oxygen atoms in total. The monoisotopic (exact) mass is 215 g/mol. The maximum atomic E-state index is 11.5. The molecule has 0 fully saturated rings. The van der Waals surface area contributed by atoms with E-state index in [0.29, 0.717) is 6.42 Å². The van der Waals surface area contributed by atoms with E-state index >= 15 is 0 Å². The molecule has 0 aromatic rings. The summed E-state index contributed by atoms with van der Waals surface area (Å²) in [6, 6.07) is -0.733. The summed E-state index contributed by atoms with van der Waals surface area (Å²) in [5.41, 5.74) is 0. The molecule has 15 heavy (non-hydrogen) atoms. The van der Waals surface area contributed by atoms with Gasteiger partial charge >= 0.3 is 5.97 Å². The van der Waals surface area contributed by atoms with Gasteiger partial charge in [0.2, 0.25) is 5.91 Å². The molecule has 0 heterocycles. The molecule has 0 aliphatic heterocycles. The van der Waals surface area contributed by atoms with Crippen LogP contribution in [0, 0.1) is 0 Å². The number of nitrogens with zero attached hydrogens (tertiary/aromatic N) is 1. The number of hydrogen-bond acceptors (Lipinski definition) is 2. The van der Waals surface area contributed by atoms with Gasteiger partial charge in [0.05, 0.1) is 0 Å². The smallest absolute Gasteiger partial charge is 0.326 e. The summed E-state index contributed by atoms with van der Waals surface area (Å²) in [4.78, 5) is 23.4. The third-order valence-corrected chi connectivity index (χ3v) is 2.58. The first kappa shape index (κ1) is 13.9. The van der Waals surface area contributed by atoms with Crippen molar-refractivity contribution >= 4 is 11.9 Å². The Balaban J connectivity index is 3.84. The number of aliphatic carboxylic acids is 1. The minimum absolute atomic E-state index is 0.0824. The van der Waals surface area contributed by atoms with Gasteiger partial charge in [-0.25, -0.2) is 4.79 Å². The molecular weight excluding hydrogens is 194 g/mol. The number of unbranched alkanes of at least 4 members (excludes halogenated alkanes) is 3. The molecular formula is C11H21NO3. The van der Waals surface area contributed by atoms with Crippen molar-refractivity contribution in [1.29, 1.82) is 0 Å². The van der Waals surface area contributed by atoms with E-state index in [4.69, 9.17) is 5.11 Å². The molecule has 0 radical (unpaired) electrons. The molecule has 1 N–H and O–H groups in total. The predicted molar refractivity (Wildman–Crippen MR) is 58.6 cm³/mol. The fourth-order valence-electron chi connectivity index (χ4n) is 1.26. The maximum Gasteiger partial charge on any atom is 0.326 e. The Hall–Kier alpha value is -1.06. The highest BCUT2D eigenvalue weighted by molar-refractivity contribution is 5.83. The van der Waals surface area contributed by atoms with Crippen LogP contribution in [0.5, 0.6) is 0 Å². The Kier molecular flexibility index (Phi) is 6.75. The summed E-state index contributed by atoms with van der Waals surface area (Å²) >= 11 is 0. The standard InChI is InChI=1S/C11H21NO3/c1-4-5-6-7-8-10(13)12(3)9(2)11(14)15/h9H,4-8H2,1-3H3,(H,14,15). The first-order valence-corrected chi connectivity index (χ1v) is 5.49. The van der Waals surface area contributed by atoms with E-state index in [1.54, 1.807) is 7.05 Å². The quantitative estimate of drug-likeness (QED) is 0.660. The number of carbonyl (C=O) groups excluding carboxylic acids is 1.